The summed E-state index contributed by atoms with van der Waals surface area (Å²) in [4.78, 5) is 22.2. The van der Waals surface area contributed by atoms with Crippen LogP contribution < -0.4 is 10.2 Å². The zero-order chi connectivity index (χ0) is 22.1. The Labute approximate surface area is 196 Å². The van der Waals surface area contributed by atoms with Crippen LogP contribution >= 0.6 is 15.9 Å². The molecule has 0 bridgehead atoms. The number of hydrogen-bond acceptors (Lipinski definition) is 4. The fourth-order valence-corrected chi connectivity index (χ4v) is 4.87. The second kappa shape index (κ2) is 8.88. The highest BCUT2D eigenvalue weighted by atomic mass is 79.9. The van der Waals surface area contributed by atoms with Crippen LogP contribution in [0.15, 0.2) is 71.3 Å². The largest absolute Gasteiger partial charge is 0.368 e. The van der Waals surface area contributed by atoms with Crippen molar-refractivity contribution in [2.45, 2.75) is 6.42 Å². The number of fused-ring (bicyclic) bond motifs is 2. The highest BCUT2D eigenvalue weighted by molar-refractivity contribution is 9.10. The van der Waals surface area contributed by atoms with Crippen molar-refractivity contribution >= 4 is 54.9 Å². The van der Waals surface area contributed by atoms with Gasteiger partial charge in [0.05, 0.1) is 11.9 Å². The molecule has 0 spiro atoms. The number of nitrogens with zero attached hydrogens (tertiary/aromatic N) is 3. The second-order valence-corrected chi connectivity index (χ2v) is 9.18. The van der Waals surface area contributed by atoms with Gasteiger partial charge in [-0.15, -0.1) is 0 Å². The Balaban J connectivity index is 1.39. The maximum absolute atomic E-state index is 12.9. The van der Waals surface area contributed by atoms with E-state index < -0.39 is 0 Å². The van der Waals surface area contributed by atoms with Gasteiger partial charge in [-0.3, -0.25) is 9.78 Å². The molecule has 1 aromatic heterocycles. The Hall–Kier alpha value is -2.96. The minimum Gasteiger partial charge on any atom is -0.368 e. The van der Waals surface area contributed by atoms with Gasteiger partial charge < -0.3 is 15.1 Å². The zero-order valence-corrected chi connectivity index (χ0v) is 19.6. The van der Waals surface area contributed by atoms with Gasteiger partial charge in [0, 0.05) is 53.6 Å². The van der Waals surface area contributed by atoms with E-state index in [4.69, 9.17) is 0 Å². The predicted molar refractivity (Wildman–Crippen MR) is 135 cm³/mol. The minimum atomic E-state index is -0.0261. The summed E-state index contributed by atoms with van der Waals surface area (Å²) in [7, 11) is 2.16. The number of pyridine rings is 1. The van der Waals surface area contributed by atoms with Gasteiger partial charge in [0.1, 0.15) is 0 Å². The number of carbonyl (C=O) groups excluding carboxylic acids is 1. The van der Waals surface area contributed by atoms with Crippen LogP contribution in [-0.4, -0.2) is 49.0 Å². The Morgan fingerprint density at radius 1 is 0.969 bits per heavy atom. The first-order valence-corrected chi connectivity index (χ1v) is 11.7. The van der Waals surface area contributed by atoms with Crippen molar-refractivity contribution in [2.24, 2.45) is 0 Å². The van der Waals surface area contributed by atoms with Gasteiger partial charge in [0.25, 0.3) is 0 Å². The summed E-state index contributed by atoms with van der Waals surface area (Å²) in [6, 6.07) is 20.2. The monoisotopic (exact) mass is 488 g/mol. The van der Waals surface area contributed by atoms with E-state index in [9.17, 15) is 4.79 Å². The standard InChI is InChI=1S/C26H25BrN4O/c1-30-12-14-31(15-13-30)25-10-11-28-24-9-7-19(17-22(24)25)29-26(32)16-18-6-8-23(27)21-5-3-2-4-20(18)21/h2-11,17H,12-16H2,1H3,(H,29,32). The molecule has 1 N–H and O–H groups in total. The summed E-state index contributed by atoms with van der Waals surface area (Å²) in [6.07, 6.45) is 2.19. The smallest absolute Gasteiger partial charge is 0.228 e. The molecule has 0 atom stereocenters. The van der Waals surface area contributed by atoms with Crippen molar-refractivity contribution < 1.29 is 4.79 Å². The van der Waals surface area contributed by atoms with Crippen molar-refractivity contribution in [3.63, 3.8) is 0 Å². The average molecular weight is 489 g/mol. The fourth-order valence-electron chi connectivity index (χ4n) is 4.39. The first-order chi connectivity index (χ1) is 15.6. The summed E-state index contributed by atoms with van der Waals surface area (Å²) in [6.45, 7) is 4.06. The van der Waals surface area contributed by atoms with Crippen LogP contribution in [0, 0.1) is 0 Å². The lowest BCUT2D eigenvalue weighted by atomic mass is 10.0. The van der Waals surface area contributed by atoms with Crippen LogP contribution in [0.4, 0.5) is 11.4 Å². The molecule has 0 aliphatic carbocycles. The van der Waals surface area contributed by atoms with Crippen molar-refractivity contribution in [2.75, 3.05) is 43.4 Å². The SMILES string of the molecule is CN1CCN(c2ccnc3ccc(NC(=O)Cc4ccc(Br)c5ccccc45)cc23)CC1. The van der Waals surface area contributed by atoms with Crippen molar-refractivity contribution in [3.05, 3.63) is 76.9 Å². The van der Waals surface area contributed by atoms with E-state index >= 15 is 0 Å². The number of nitrogens with one attached hydrogen (secondary N) is 1. The molecule has 0 radical (unpaired) electrons. The lowest BCUT2D eigenvalue weighted by molar-refractivity contribution is -0.115. The third-order valence-electron chi connectivity index (χ3n) is 6.16. The lowest BCUT2D eigenvalue weighted by Gasteiger charge is -2.34. The number of benzene rings is 3. The van der Waals surface area contributed by atoms with E-state index in [1.165, 1.54) is 5.69 Å². The number of aromatic nitrogens is 1. The molecule has 0 saturated carbocycles. The van der Waals surface area contributed by atoms with Crippen LogP contribution in [-0.2, 0) is 11.2 Å². The fraction of sp³-hybridized carbons (Fsp3) is 0.231. The Kier molecular flexibility index (Phi) is 5.81. The Morgan fingerprint density at radius 3 is 2.56 bits per heavy atom. The van der Waals surface area contributed by atoms with E-state index in [2.05, 4.69) is 61.3 Å². The Bertz CT molecular complexity index is 1300. The number of rotatable bonds is 4. The first-order valence-electron chi connectivity index (χ1n) is 10.9. The number of carbonyl (C=O) groups is 1. The quantitative estimate of drug-likeness (QED) is 0.434. The molecule has 5 nitrogen and oxygen atoms in total. The van der Waals surface area contributed by atoms with E-state index in [0.717, 1.165) is 63.6 Å². The molecule has 1 aliphatic heterocycles. The molecule has 1 amide bonds. The molecule has 1 fully saturated rings. The van der Waals surface area contributed by atoms with E-state index in [1.807, 2.05) is 48.7 Å². The highest BCUT2D eigenvalue weighted by Crippen LogP contribution is 2.30. The number of piperazine rings is 1. The second-order valence-electron chi connectivity index (χ2n) is 8.33. The van der Waals surface area contributed by atoms with Gasteiger partial charge in [-0.1, -0.05) is 46.3 Å². The van der Waals surface area contributed by atoms with Crippen LogP contribution in [0.2, 0.25) is 0 Å². The molecule has 162 valence electrons. The average Bonchev–Trinajstić information content (AvgIpc) is 2.81. The molecule has 3 aromatic carbocycles. The lowest BCUT2D eigenvalue weighted by Crippen LogP contribution is -2.44. The molecule has 6 heteroatoms. The topological polar surface area (TPSA) is 48.5 Å². The van der Waals surface area contributed by atoms with Gasteiger partial charge in [-0.25, -0.2) is 0 Å². The van der Waals surface area contributed by atoms with Crippen LogP contribution in [0.5, 0.6) is 0 Å². The highest BCUT2D eigenvalue weighted by Gasteiger charge is 2.17. The maximum Gasteiger partial charge on any atom is 0.228 e. The predicted octanol–water partition coefficient (Wildman–Crippen LogP) is 5.08. The number of anilines is 2. The molecular weight excluding hydrogens is 464 g/mol. The molecule has 4 aromatic rings. The minimum absolute atomic E-state index is 0.0261. The number of hydrogen-bond donors (Lipinski definition) is 1. The molecule has 1 saturated heterocycles. The molecule has 5 rings (SSSR count). The van der Waals surface area contributed by atoms with E-state index in [-0.39, 0.29) is 5.91 Å². The Morgan fingerprint density at radius 2 is 1.75 bits per heavy atom. The number of likely N-dealkylation sites (N-methyl/N-ethyl adjacent to an activating group) is 1. The summed E-state index contributed by atoms with van der Waals surface area (Å²) in [5.74, 6) is -0.0261. The molecule has 1 aliphatic rings. The summed E-state index contributed by atoms with van der Waals surface area (Å²) >= 11 is 3.60. The van der Waals surface area contributed by atoms with Crippen molar-refractivity contribution in [3.8, 4) is 0 Å². The molecule has 32 heavy (non-hydrogen) atoms. The van der Waals surface area contributed by atoms with Crippen LogP contribution in [0.3, 0.4) is 0 Å². The molecular formula is C26H25BrN4O. The van der Waals surface area contributed by atoms with Crippen LogP contribution in [0.1, 0.15) is 5.56 Å². The maximum atomic E-state index is 12.9. The third kappa shape index (κ3) is 4.20. The molecule has 0 unspecified atom stereocenters. The normalized spacial score (nSPS) is 14.8. The number of amides is 1. The van der Waals surface area contributed by atoms with Gasteiger partial charge in [0.2, 0.25) is 5.91 Å². The van der Waals surface area contributed by atoms with Crippen molar-refractivity contribution in [1.82, 2.24) is 9.88 Å². The zero-order valence-electron chi connectivity index (χ0n) is 18.0. The summed E-state index contributed by atoms with van der Waals surface area (Å²) in [5.41, 5.74) is 3.94. The van der Waals surface area contributed by atoms with Gasteiger partial charge in [-0.2, -0.15) is 0 Å². The number of halogens is 1. The van der Waals surface area contributed by atoms with E-state index in [0.29, 0.717) is 6.42 Å². The van der Waals surface area contributed by atoms with Gasteiger partial charge >= 0.3 is 0 Å². The van der Waals surface area contributed by atoms with Crippen LogP contribution in [0.25, 0.3) is 21.7 Å². The van der Waals surface area contributed by atoms with Gasteiger partial charge in [0.15, 0.2) is 0 Å². The molecule has 2 heterocycles. The van der Waals surface area contributed by atoms with Gasteiger partial charge in [-0.05, 0) is 53.7 Å². The summed E-state index contributed by atoms with van der Waals surface area (Å²) < 4.78 is 1.04. The summed E-state index contributed by atoms with van der Waals surface area (Å²) in [5, 5.41) is 6.38. The van der Waals surface area contributed by atoms with Crippen molar-refractivity contribution in [1.29, 1.82) is 0 Å². The third-order valence-corrected chi connectivity index (χ3v) is 6.85. The first kappa shape index (κ1) is 20.9. The van der Waals surface area contributed by atoms with E-state index in [1.54, 1.807) is 0 Å².